The van der Waals surface area contributed by atoms with Crippen molar-refractivity contribution in [1.29, 1.82) is 0 Å². The summed E-state index contributed by atoms with van der Waals surface area (Å²) in [5.74, 6) is -0.371. The van der Waals surface area contributed by atoms with E-state index in [0.717, 1.165) is 5.56 Å². The standard InChI is InChI=1S/C28H28Cl4N2O3/c1-28(2,3)33-27(36)24(14-18-7-5-4-6-8-18)34(16-19-9-11-21(30)22(31)13-19)26(35)17-37-25-12-10-20(29)15-23(25)32/h4-13,15,24H,14,16-17H2,1-3H3,(H,33,36)/t24-/m1/s1. The van der Waals surface area contributed by atoms with Crippen LogP contribution in [0.2, 0.25) is 20.1 Å². The van der Waals surface area contributed by atoms with E-state index in [1.807, 2.05) is 51.1 Å². The van der Waals surface area contributed by atoms with E-state index in [1.54, 1.807) is 30.3 Å². The van der Waals surface area contributed by atoms with E-state index in [1.165, 1.54) is 11.0 Å². The maximum Gasteiger partial charge on any atom is 0.261 e. The van der Waals surface area contributed by atoms with Crippen LogP contribution in [0.3, 0.4) is 0 Å². The van der Waals surface area contributed by atoms with E-state index < -0.39 is 17.5 Å². The summed E-state index contributed by atoms with van der Waals surface area (Å²) in [7, 11) is 0. The maximum atomic E-state index is 13.6. The minimum Gasteiger partial charge on any atom is -0.482 e. The van der Waals surface area contributed by atoms with Crippen LogP contribution in [0, 0.1) is 0 Å². The molecule has 0 saturated carbocycles. The Morgan fingerprint density at radius 1 is 0.865 bits per heavy atom. The van der Waals surface area contributed by atoms with E-state index >= 15 is 0 Å². The molecular formula is C28H28Cl4N2O3. The Morgan fingerprint density at radius 3 is 2.19 bits per heavy atom. The van der Waals surface area contributed by atoms with Gasteiger partial charge < -0.3 is 15.0 Å². The number of nitrogens with one attached hydrogen (secondary N) is 1. The summed E-state index contributed by atoms with van der Waals surface area (Å²) in [5, 5.41) is 4.50. The highest BCUT2D eigenvalue weighted by Gasteiger charge is 2.32. The molecule has 0 radical (unpaired) electrons. The van der Waals surface area contributed by atoms with Crippen molar-refractivity contribution in [2.45, 2.75) is 45.3 Å². The lowest BCUT2D eigenvalue weighted by atomic mass is 10.0. The normalized spacial score (nSPS) is 12.1. The summed E-state index contributed by atoms with van der Waals surface area (Å²) in [4.78, 5) is 28.7. The number of carbonyl (C=O) groups excluding carboxylic acids is 2. The van der Waals surface area contributed by atoms with Crippen LogP contribution in [0.25, 0.3) is 0 Å². The van der Waals surface area contributed by atoms with Gasteiger partial charge in [-0.2, -0.15) is 0 Å². The molecule has 196 valence electrons. The lowest BCUT2D eigenvalue weighted by Crippen LogP contribution is -2.55. The number of ether oxygens (including phenoxy) is 1. The molecule has 2 amide bonds. The second-order valence-electron chi connectivity index (χ2n) is 9.58. The van der Waals surface area contributed by atoms with Crippen LogP contribution in [0.4, 0.5) is 0 Å². The molecule has 0 aliphatic carbocycles. The molecule has 0 heterocycles. The lowest BCUT2D eigenvalue weighted by molar-refractivity contribution is -0.143. The van der Waals surface area contributed by atoms with Crippen LogP contribution >= 0.6 is 46.4 Å². The number of nitrogens with zero attached hydrogens (tertiary/aromatic N) is 1. The zero-order valence-corrected chi connectivity index (χ0v) is 23.8. The first-order valence-electron chi connectivity index (χ1n) is 11.6. The van der Waals surface area contributed by atoms with Crippen molar-refractivity contribution in [2.24, 2.45) is 0 Å². The third kappa shape index (κ3) is 8.82. The minimum atomic E-state index is -0.826. The van der Waals surface area contributed by atoms with Crippen molar-refractivity contribution in [1.82, 2.24) is 10.2 Å². The molecule has 0 saturated heterocycles. The largest absolute Gasteiger partial charge is 0.482 e. The van der Waals surface area contributed by atoms with Crippen LogP contribution in [0.15, 0.2) is 66.7 Å². The Morgan fingerprint density at radius 2 is 1.57 bits per heavy atom. The molecule has 3 aromatic rings. The van der Waals surface area contributed by atoms with Gasteiger partial charge in [-0.1, -0.05) is 82.8 Å². The third-order valence-electron chi connectivity index (χ3n) is 5.35. The molecule has 0 bridgehead atoms. The lowest BCUT2D eigenvalue weighted by Gasteiger charge is -2.33. The molecule has 1 N–H and O–H groups in total. The van der Waals surface area contributed by atoms with E-state index in [0.29, 0.717) is 32.8 Å². The molecule has 0 aliphatic rings. The monoisotopic (exact) mass is 580 g/mol. The van der Waals surface area contributed by atoms with Crippen molar-refractivity contribution in [3.63, 3.8) is 0 Å². The van der Waals surface area contributed by atoms with Gasteiger partial charge in [-0.25, -0.2) is 0 Å². The number of amides is 2. The molecule has 0 aliphatic heterocycles. The zero-order valence-electron chi connectivity index (χ0n) is 20.7. The van der Waals surface area contributed by atoms with Crippen molar-refractivity contribution in [3.05, 3.63) is 97.9 Å². The quantitative estimate of drug-likeness (QED) is 0.290. The second-order valence-corrected chi connectivity index (χ2v) is 11.2. The molecule has 3 rings (SSSR count). The van der Waals surface area contributed by atoms with Gasteiger partial charge in [0.1, 0.15) is 11.8 Å². The number of hydrogen-bond acceptors (Lipinski definition) is 3. The molecule has 9 heteroatoms. The van der Waals surface area contributed by atoms with Gasteiger partial charge in [0.2, 0.25) is 5.91 Å². The Hall–Kier alpha value is -2.44. The highest BCUT2D eigenvalue weighted by atomic mass is 35.5. The van der Waals surface area contributed by atoms with Gasteiger partial charge in [-0.3, -0.25) is 9.59 Å². The SMILES string of the molecule is CC(C)(C)NC(=O)[C@@H](Cc1ccccc1)N(Cc1ccc(Cl)c(Cl)c1)C(=O)COc1ccc(Cl)cc1Cl. The van der Waals surface area contributed by atoms with Crippen molar-refractivity contribution < 1.29 is 14.3 Å². The minimum absolute atomic E-state index is 0.114. The Labute approximate surface area is 237 Å². The summed E-state index contributed by atoms with van der Waals surface area (Å²) >= 11 is 24.5. The van der Waals surface area contributed by atoms with Crippen LogP contribution in [0.1, 0.15) is 31.9 Å². The van der Waals surface area contributed by atoms with Gasteiger partial charge >= 0.3 is 0 Å². The average Bonchev–Trinajstić information content (AvgIpc) is 2.82. The Balaban J connectivity index is 1.96. The molecule has 0 spiro atoms. The molecule has 3 aromatic carbocycles. The summed E-state index contributed by atoms with van der Waals surface area (Å²) in [6.45, 7) is 5.45. The molecule has 5 nitrogen and oxygen atoms in total. The van der Waals surface area contributed by atoms with Gasteiger partial charge in [-0.05, 0) is 62.2 Å². The number of hydrogen-bond donors (Lipinski definition) is 1. The van der Waals surface area contributed by atoms with Gasteiger partial charge in [0, 0.05) is 23.5 Å². The van der Waals surface area contributed by atoms with Gasteiger partial charge in [-0.15, -0.1) is 0 Å². The Kier molecular flexibility index (Phi) is 10.1. The summed E-state index contributed by atoms with van der Waals surface area (Å²) in [6, 6.07) is 18.6. The maximum absolute atomic E-state index is 13.6. The van der Waals surface area contributed by atoms with Crippen LogP contribution in [-0.4, -0.2) is 34.9 Å². The second kappa shape index (κ2) is 12.9. The van der Waals surface area contributed by atoms with Crippen LogP contribution in [-0.2, 0) is 22.6 Å². The number of rotatable bonds is 9. The smallest absolute Gasteiger partial charge is 0.261 e. The van der Waals surface area contributed by atoms with E-state index in [2.05, 4.69) is 5.32 Å². The van der Waals surface area contributed by atoms with E-state index in [4.69, 9.17) is 51.1 Å². The predicted molar refractivity (Wildman–Crippen MR) is 151 cm³/mol. The topological polar surface area (TPSA) is 58.6 Å². The highest BCUT2D eigenvalue weighted by molar-refractivity contribution is 6.42. The van der Waals surface area contributed by atoms with Crippen LogP contribution in [0.5, 0.6) is 5.75 Å². The average molecular weight is 582 g/mol. The first-order chi connectivity index (χ1) is 17.4. The van der Waals surface area contributed by atoms with E-state index in [9.17, 15) is 9.59 Å². The van der Waals surface area contributed by atoms with Gasteiger partial charge in [0.25, 0.3) is 5.91 Å². The molecular weight excluding hydrogens is 554 g/mol. The molecule has 0 aromatic heterocycles. The number of halogens is 4. The van der Waals surface area contributed by atoms with Crippen molar-refractivity contribution >= 4 is 58.2 Å². The summed E-state index contributed by atoms with van der Waals surface area (Å²) in [5.41, 5.74) is 1.12. The van der Waals surface area contributed by atoms with Crippen molar-refractivity contribution in [2.75, 3.05) is 6.61 Å². The van der Waals surface area contributed by atoms with Gasteiger partial charge in [0.05, 0.1) is 15.1 Å². The Bertz CT molecular complexity index is 1250. The predicted octanol–water partition coefficient (Wildman–Crippen LogP) is 7.23. The first kappa shape index (κ1) is 29.1. The zero-order chi connectivity index (χ0) is 27.2. The van der Waals surface area contributed by atoms with Gasteiger partial charge in [0.15, 0.2) is 6.61 Å². The molecule has 37 heavy (non-hydrogen) atoms. The van der Waals surface area contributed by atoms with Crippen molar-refractivity contribution in [3.8, 4) is 5.75 Å². The third-order valence-corrected chi connectivity index (χ3v) is 6.62. The molecule has 0 unspecified atom stereocenters. The fourth-order valence-electron chi connectivity index (χ4n) is 3.66. The summed E-state index contributed by atoms with van der Waals surface area (Å²) < 4.78 is 5.74. The molecule has 0 fully saturated rings. The first-order valence-corrected chi connectivity index (χ1v) is 13.1. The number of benzene rings is 3. The molecule has 1 atom stereocenters. The highest BCUT2D eigenvalue weighted by Crippen LogP contribution is 2.28. The van der Waals surface area contributed by atoms with Crippen LogP contribution < -0.4 is 10.1 Å². The fourth-order valence-corrected chi connectivity index (χ4v) is 4.44. The number of carbonyl (C=O) groups is 2. The van der Waals surface area contributed by atoms with E-state index in [-0.39, 0.29) is 24.1 Å². The summed E-state index contributed by atoms with van der Waals surface area (Å²) in [6.07, 6.45) is 0.303. The fraction of sp³-hybridized carbons (Fsp3) is 0.286.